The lowest BCUT2D eigenvalue weighted by Gasteiger charge is -2.32. The predicted molar refractivity (Wildman–Crippen MR) is 84.0 cm³/mol. The summed E-state index contributed by atoms with van der Waals surface area (Å²) in [6.07, 6.45) is -3.22. The van der Waals surface area contributed by atoms with E-state index in [1.165, 1.54) is 48.8 Å². The molecule has 2 heterocycles. The van der Waals surface area contributed by atoms with Crippen LogP contribution in [0, 0.1) is 0 Å². The Labute approximate surface area is 145 Å². The van der Waals surface area contributed by atoms with Crippen molar-refractivity contribution in [1.82, 2.24) is 9.99 Å². The van der Waals surface area contributed by atoms with Gasteiger partial charge >= 0.3 is 6.18 Å². The van der Waals surface area contributed by atoms with Crippen molar-refractivity contribution >= 4 is 23.2 Å². The second-order valence-electron chi connectivity index (χ2n) is 5.40. The number of rotatable bonds is 2. The summed E-state index contributed by atoms with van der Waals surface area (Å²) in [5, 5.41) is 14.2. The molecular weight excluding hydrogens is 359 g/mol. The van der Waals surface area contributed by atoms with Crippen molar-refractivity contribution in [2.45, 2.75) is 18.3 Å². The van der Waals surface area contributed by atoms with Crippen LogP contribution in [0.2, 0.25) is 5.02 Å². The molecule has 0 saturated heterocycles. The molecule has 130 valence electrons. The van der Waals surface area contributed by atoms with Crippen LogP contribution in [0.15, 0.2) is 53.9 Å². The highest BCUT2D eigenvalue weighted by atomic mass is 35.5. The van der Waals surface area contributed by atoms with Crippen molar-refractivity contribution in [2.24, 2.45) is 5.10 Å². The normalized spacial score (nSPS) is 20.5. The fraction of sp³-hybridized carbons (Fsp3) is 0.188. The lowest BCUT2D eigenvalue weighted by atomic mass is 10.0. The van der Waals surface area contributed by atoms with Crippen LogP contribution in [0.5, 0.6) is 0 Å². The smallest absolute Gasteiger partial charge is 0.362 e. The number of aromatic nitrogens is 1. The van der Waals surface area contributed by atoms with Crippen LogP contribution in [0.4, 0.5) is 13.2 Å². The van der Waals surface area contributed by atoms with E-state index in [2.05, 4.69) is 10.1 Å². The number of amides is 1. The van der Waals surface area contributed by atoms with Gasteiger partial charge in [0.15, 0.2) is 0 Å². The number of alkyl halides is 3. The van der Waals surface area contributed by atoms with E-state index < -0.39 is 24.2 Å². The maximum Gasteiger partial charge on any atom is 0.438 e. The second kappa shape index (κ2) is 6.12. The summed E-state index contributed by atoms with van der Waals surface area (Å²) < 4.78 is 40.5. The van der Waals surface area contributed by atoms with Gasteiger partial charge < -0.3 is 5.11 Å². The summed E-state index contributed by atoms with van der Waals surface area (Å²) in [7, 11) is 0. The second-order valence-corrected chi connectivity index (χ2v) is 5.84. The molecular formula is C16H11ClF3N3O2. The molecule has 1 aromatic heterocycles. The summed E-state index contributed by atoms with van der Waals surface area (Å²) in [5.74, 6) is -1.11. The molecule has 9 heteroatoms. The van der Waals surface area contributed by atoms with Crippen LogP contribution < -0.4 is 0 Å². The molecule has 5 nitrogen and oxygen atoms in total. The van der Waals surface area contributed by atoms with Gasteiger partial charge in [-0.1, -0.05) is 17.7 Å². The third-order valence-electron chi connectivity index (χ3n) is 3.72. The lowest BCUT2D eigenvalue weighted by molar-refractivity contribution is -0.297. The van der Waals surface area contributed by atoms with E-state index >= 15 is 0 Å². The largest absolute Gasteiger partial charge is 0.438 e. The standard InChI is InChI=1S/C16H11ClF3N3O2/c17-12-3-1-2-11(8-12)14(24)23-15(25,16(18,19)20)9-13(22-23)10-4-6-21-7-5-10/h1-8,25H,9H2/t15-/m0/s1. The molecule has 1 aliphatic rings. The molecule has 2 aromatic rings. The molecule has 1 aromatic carbocycles. The molecule has 0 spiro atoms. The average Bonchev–Trinajstić information content (AvgIpc) is 2.94. The number of carbonyl (C=O) groups excluding carboxylic acids is 1. The maximum atomic E-state index is 13.5. The monoisotopic (exact) mass is 369 g/mol. The van der Waals surface area contributed by atoms with Crippen molar-refractivity contribution in [1.29, 1.82) is 0 Å². The van der Waals surface area contributed by atoms with Crippen LogP contribution in [0.3, 0.4) is 0 Å². The van der Waals surface area contributed by atoms with E-state index in [0.717, 1.165) is 0 Å². The molecule has 0 fully saturated rings. The number of benzene rings is 1. The zero-order chi connectivity index (χ0) is 18.2. The van der Waals surface area contributed by atoms with Gasteiger partial charge in [-0.05, 0) is 30.3 Å². The summed E-state index contributed by atoms with van der Waals surface area (Å²) in [4.78, 5) is 16.3. The first-order chi connectivity index (χ1) is 11.7. The lowest BCUT2D eigenvalue weighted by Crippen LogP contribution is -2.56. The average molecular weight is 370 g/mol. The van der Waals surface area contributed by atoms with E-state index in [4.69, 9.17) is 11.6 Å². The Morgan fingerprint density at radius 2 is 1.92 bits per heavy atom. The maximum absolute atomic E-state index is 13.5. The van der Waals surface area contributed by atoms with Gasteiger partial charge in [0, 0.05) is 28.5 Å². The van der Waals surface area contributed by atoms with Gasteiger partial charge in [0.1, 0.15) is 0 Å². The predicted octanol–water partition coefficient (Wildman–Crippen LogP) is 3.24. The van der Waals surface area contributed by atoms with E-state index in [0.29, 0.717) is 5.56 Å². The molecule has 1 atom stereocenters. The summed E-state index contributed by atoms with van der Waals surface area (Å²) in [6, 6.07) is 8.30. The molecule has 1 N–H and O–H groups in total. The van der Waals surface area contributed by atoms with Crippen molar-refractivity contribution in [2.75, 3.05) is 0 Å². The first kappa shape index (κ1) is 17.4. The number of hydrazone groups is 1. The van der Waals surface area contributed by atoms with Gasteiger partial charge in [-0.2, -0.15) is 23.3 Å². The molecule has 1 aliphatic heterocycles. The zero-order valence-corrected chi connectivity index (χ0v) is 13.3. The van der Waals surface area contributed by atoms with Gasteiger partial charge in [-0.25, -0.2) is 0 Å². The number of carbonyl (C=O) groups is 1. The van der Waals surface area contributed by atoms with Gasteiger partial charge in [0.25, 0.3) is 11.6 Å². The molecule has 0 radical (unpaired) electrons. The first-order valence-electron chi connectivity index (χ1n) is 7.09. The Kier molecular flexibility index (Phi) is 4.26. The van der Waals surface area contributed by atoms with Gasteiger partial charge in [0.05, 0.1) is 12.1 Å². The zero-order valence-electron chi connectivity index (χ0n) is 12.5. The molecule has 1 amide bonds. The number of hydrogen-bond acceptors (Lipinski definition) is 4. The van der Waals surface area contributed by atoms with Crippen LogP contribution >= 0.6 is 11.6 Å². The van der Waals surface area contributed by atoms with Gasteiger partial charge in [0.2, 0.25) is 0 Å². The Hall–Kier alpha value is -2.45. The highest BCUT2D eigenvalue weighted by Crippen LogP contribution is 2.42. The minimum atomic E-state index is -5.10. The van der Waals surface area contributed by atoms with Crippen molar-refractivity contribution < 1.29 is 23.1 Å². The molecule has 3 rings (SSSR count). The Morgan fingerprint density at radius 1 is 1.24 bits per heavy atom. The Balaban J connectivity index is 2.06. The highest BCUT2D eigenvalue weighted by molar-refractivity contribution is 6.31. The van der Waals surface area contributed by atoms with Gasteiger partial charge in [-0.3, -0.25) is 9.78 Å². The van der Waals surface area contributed by atoms with Crippen molar-refractivity contribution in [3.63, 3.8) is 0 Å². The van der Waals surface area contributed by atoms with Gasteiger partial charge in [-0.15, -0.1) is 0 Å². The third kappa shape index (κ3) is 3.10. The quantitative estimate of drug-likeness (QED) is 0.883. The summed E-state index contributed by atoms with van der Waals surface area (Å²) in [6.45, 7) is 0. The van der Waals surface area contributed by atoms with Crippen LogP contribution in [-0.2, 0) is 0 Å². The van der Waals surface area contributed by atoms with Crippen LogP contribution in [-0.4, -0.2) is 38.6 Å². The fourth-order valence-electron chi connectivity index (χ4n) is 2.43. The molecule has 0 aliphatic carbocycles. The summed E-state index contributed by atoms with van der Waals surface area (Å²) >= 11 is 5.78. The Morgan fingerprint density at radius 3 is 2.52 bits per heavy atom. The summed E-state index contributed by atoms with van der Waals surface area (Å²) in [5.41, 5.74) is -3.29. The molecule has 0 bridgehead atoms. The molecule has 25 heavy (non-hydrogen) atoms. The Bertz CT molecular complexity index is 842. The third-order valence-corrected chi connectivity index (χ3v) is 3.95. The molecule has 0 saturated carbocycles. The van der Waals surface area contributed by atoms with E-state index in [1.54, 1.807) is 0 Å². The molecule has 0 unspecified atom stereocenters. The minimum Gasteiger partial charge on any atom is -0.362 e. The van der Waals surface area contributed by atoms with Crippen molar-refractivity contribution in [3.8, 4) is 0 Å². The van der Waals surface area contributed by atoms with E-state index in [1.807, 2.05) is 0 Å². The number of nitrogens with zero attached hydrogens (tertiary/aromatic N) is 3. The highest BCUT2D eigenvalue weighted by Gasteiger charge is 2.63. The number of pyridine rings is 1. The van der Waals surface area contributed by atoms with Crippen molar-refractivity contribution in [3.05, 3.63) is 64.9 Å². The van der Waals surface area contributed by atoms with Crippen LogP contribution in [0.1, 0.15) is 22.3 Å². The SMILES string of the molecule is O=C(c1cccc(Cl)c1)N1N=C(c2ccncc2)C[C@]1(O)C(F)(F)F. The fourth-order valence-corrected chi connectivity index (χ4v) is 2.62. The number of aliphatic hydroxyl groups is 1. The number of hydrogen-bond donors (Lipinski definition) is 1. The number of halogens is 4. The van der Waals surface area contributed by atoms with Crippen LogP contribution in [0.25, 0.3) is 0 Å². The van der Waals surface area contributed by atoms with E-state index in [-0.39, 0.29) is 21.3 Å². The first-order valence-corrected chi connectivity index (χ1v) is 7.47. The minimum absolute atomic E-state index is 0.0639. The topological polar surface area (TPSA) is 65.8 Å². The van der Waals surface area contributed by atoms with E-state index in [9.17, 15) is 23.1 Å².